The van der Waals surface area contributed by atoms with E-state index in [4.69, 9.17) is 15.6 Å². The topological polar surface area (TPSA) is 308 Å². The fourth-order valence-corrected chi connectivity index (χ4v) is 6.43. The molecular formula is C29H25N5O13S3. The number of fused-ring (bicyclic) bond motifs is 2. The second kappa shape index (κ2) is 13.6. The number of anilines is 1. The minimum absolute atomic E-state index is 0.00567. The molecule has 50 heavy (non-hydrogen) atoms. The number of phenolic OH excluding ortho intramolecular Hbond substituents is 1. The molecule has 0 aliphatic heterocycles. The maximum atomic E-state index is 12.3. The van der Waals surface area contributed by atoms with Gasteiger partial charge in [0.05, 0.1) is 34.3 Å². The molecule has 262 valence electrons. The van der Waals surface area contributed by atoms with E-state index in [1.807, 2.05) is 0 Å². The van der Waals surface area contributed by atoms with Crippen LogP contribution in [-0.4, -0.2) is 73.5 Å². The number of aliphatic hydroxyl groups is 2. The Balaban J connectivity index is 1.63. The van der Waals surface area contributed by atoms with E-state index in [9.17, 15) is 49.1 Å². The van der Waals surface area contributed by atoms with E-state index < -0.39 is 74.9 Å². The molecule has 1 atom stereocenters. The fraction of sp³-hybridized carbons (Fsp3) is 0.103. The summed E-state index contributed by atoms with van der Waals surface area (Å²) in [6.45, 7) is -0.679. The maximum Gasteiger partial charge on any atom is 0.296 e. The van der Waals surface area contributed by atoms with Gasteiger partial charge in [0.1, 0.15) is 33.9 Å². The van der Waals surface area contributed by atoms with Gasteiger partial charge in [-0.2, -0.15) is 30.4 Å². The number of nitrogens with zero attached hydrogens (tertiary/aromatic N) is 4. The number of aliphatic hydroxyl groups excluding tert-OH is 2. The lowest BCUT2D eigenvalue weighted by atomic mass is 10.1. The molecule has 0 saturated heterocycles. The lowest BCUT2D eigenvalue weighted by molar-refractivity contribution is 0.0536. The third kappa shape index (κ3) is 7.85. The molecule has 0 fully saturated rings. The van der Waals surface area contributed by atoms with E-state index >= 15 is 0 Å². The molecule has 5 aromatic carbocycles. The van der Waals surface area contributed by atoms with Crippen molar-refractivity contribution in [2.75, 3.05) is 18.9 Å². The summed E-state index contributed by atoms with van der Waals surface area (Å²) < 4.78 is 106. The molecule has 18 nitrogen and oxygen atoms in total. The summed E-state index contributed by atoms with van der Waals surface area (Å²) in [5, 5.41) is 45.4. The highest BCUT2D eigenvalue weighted by molar-refractivity contribution is 7.86. The van der Waals surface area contributed by atoms with Crippen LogP contribution in [0.2, 0.25) is 0 Å². The van der Waals surface area contributed by atoms with Gasteiger partial charge in [0.2, 0.25) is 0 Å². The van der Waals surface area contributed by atoms with Crippen LogP contribution in [0.3, 0.4) is 0 Å². The van der Waals surface area contributed by atoms with Gasteiger partial charge in [0.15, 0.2) is 5.75 Å². The van der Waals surface area contributed by atoms with Crippen molar-refractivity contribution in [3.63, 3.8) is 0 Å². The number of hydrogen-bond acceptors (Lipinski definition) is 15. The van der Waals surface area contributed by atoms with Gasteiger partial charge in [0.25, 0.3) is 30.4 Å². The van der Waals surface area contributed by atoms with Crippen LogP contribution < -0.4 is 10.5 Å². The number of rotatable bonds is 11. The largest absolute Gasteiger partial charge is 0.505 e. The average Bonchev–Trinajstić information content (AvgIpc) is 3.04. The summed E-state index contributed by atoms with van der Waals surface area (Å²) in [4.78, 5) is -2.36. The second-order valence-corrected chi connectivity index (χ2v) is 14.7. The molecule has 1 unspecified atom stereocenters. The highest BCUT2D eigenvalue weighted by Crippen LogP contribution is 2.44. The number of benzene rings is 5. The van der Waals surface area contributed by atoms with Crippen LogP contribution in [0.1, 0.15) is 0 Å². The zero-order valence-corrected chi connectivity index (χ0v) is 27.5. The molecule has 0 radical (unpaired) electrons. The zero-order valence-electron chi connectivity index (χ0n) is 25.1. The number of nitrogens with two attached hydrogens (primary N) is 1. The molecule has 21 heteroatoms. The van der Waals surface area contributed by atoms with Gasteiger partial charge in [-0.3, -0.25) is 13.7 Å². The molecule has 0 aliphatic rings. The summed E-state index contributed by atoms with van der Waals surface area (Å²) in [5.41, 5.74) is 4.74. The fourth-order valence-electron chi connectivity index (χ4n) is 4.63. The first kappa shape index (κ1) is 36.2. The Kier molecular flexibility index (Phi) is 9.87. The Morgan fingerprint density at radius 2 is 1.34 bits per heavy atom. The maximum absolute atomic E-state index is 12.3. The molecule has 5 aromatic rings. The van der Waals surface area contributed by atoms with E-state index in [-0.39, 0.29) is 39.5 Å². The summed E-state index contributed by atoms with van der Waals surface area (Å²) in [6, 6.07) is 14.8. The van der Waals surface area contributed by atoms with Crippen LogP contribution in [0.25, 0.3) is 21.5 Å². The first-order valence-electron chi connectivity index (χ1n) is 13.8. The Labute approximate surface area is 283 Å². The van der Waals surface area contributed by atoms with Crippen LogP contribution in [0, 0.1) is 0 Å². The quantitative estimate of drug-likeness (QED) is 0.0553. The summed E-state index contributed by atoms with van der Waals surface area (Å²) in [7, 11) is -14.8. The van der Waals surface area contributed by atoms with Gasteiger partial charge in [0, 0.05) is 22.2 Å². The van der Waals surface area contributed by atoms with E-state index in [0.717, 1.165) is 30.3 Å². The third-order valence-electron chi connectivity index (χ3n) is 6.98. The standard InChI is InChI=1S/C29H25N5O13S3/c30-23-12-21-15(8-26(23)49(41,42)43)9-27(50(44,45)46)28(29(21)37)34-33-25-7-6-24(20-5-4-19(11-22(20)25)48(38,39)40)32-31-16-2-1-3-18(10-16)47-14-17(36)13-35/h1-12,17,35-37H,13-14,30H2,(H,38,39,40)(H,41,42,43)(H,44,45,46). The molecular weight excluding hydrogens is 723 g/mol. The second-order valence-electron chi connectivity index (χ2n) is 10.5. The molecule has 0 aliphatic carbocycles. The van der Waals surface area contributed by atoms with Gasteiger partial charge in [-0.05, 0) is 60.0 Å². The van der Waals surface area contributed by atoms with E-state index in [2.05, 4.69) is 20.5 Å². The minimum Gasteiger partial charge on any atom is -0.505 e. The average molecular weight is 748 g/mol. The van der Waals surface area contributed by atoms with Crippen molar-refractivity contribution in [2.24, 2.45) is 20.5 Å². The first-order chi connectivity index (χ1) is 23.4. The Bertz CT molecular complexity index is 2560. The highest BCUT2D eigenvalue weighted by atomic mass is 32.2. The molecule has 0 saturated carbocycles. The lowest BCUT2D eigenvalue weighted by Crippen LogP contribution is -2.21. The zero-order chi connectivity index (χ0) is 36.6. The number of aromatic hydroxyl groups is 1. The number of nitrogen functional groups attached to an aromatic ring is 1. The predicted molar refractivity (Wildman–Crippen MR) is 177 cm³/mol. The van der Waals surface area contributed by atoms with Gasteiger partial charge in [-0.1, -0.05) is 12.1 Å². The van der Waals surface area contributed by atoms with Gasteiger partial charge in [-0.15, -0.1) is 15.3 Å². The van der Waals surface area contributed by atoms with E-state index in [1.165, 1.54) is 24.3 Å². The Morgan fingerprint density at radius 3 is 1.98 bits per heavy atom. The molecule has 0 heterocycles. The van der Waals surface area contributed by atoms with Crippen molar-refractivity contribution in [3.8, 4) is 11.5 Å². The number of azo groups is 2. The van der Waals surface area contributed by atoms with Crippen molar-refractivity contribution in [3.05, 3.63) is 72.8 Å². The minimum atomic E-state index is -5.16. The summed E-state index contributed by atoms with van der Waals surface area (Å²) >= 11 is 0. The Morgan fingerprint density at radius 1 is 0.700 bits per heavy atom. The highest BCUT2D eigenvalue weighted by Gasteiger charge is 2.25. The van der Waals surface area contributed by atoms with Gasteiger partial charge in [-0.25, -0.2) is 0 Å². The molecule has 0 bridgehead atoms. The van der Waals surface area contributed by atoms with Gasteiger partial charge >= 0.3 is 0 Å². The van der Waals surface area contributed by atoms with Crippen molar-refractivity contribution in [1.82, 2.24) is 0 Å². The first-order valence-corrected chi connectivity index (χ1v) is 18.1. The molecule has 5 rings (SSSR count). The smallest absolute Gasteiger partial charge is 0.296 e. The van der Waals surface area contributed by atoms with Crippen LogP contribution in [0.5, 0.6) is 11.5 Å². The number of phenols is 1. The summed E-state index contributed by atoms with van der Waals surface area (Å²) in [5.74, 6) is -0.590. The van der Waals surface area contributed by atoms with Crippen molar-refractivity contribution >= 4 is 80.3 Å². The molecule has 0 aromatic heterocycles. The predicted octanol–water partition coefficient (Wildman–Crippen LogP) is 4.58. The van der Waals surface area contributed by atoms with E-state index in [0.29, 0.717) is 11.4 Å². The SMILES string of the molecule is Nc1cc2c(O)c(N=Nc3ccc(N=Nc4cccc(OCC(O)CO)c4)c4ccc(S(=O)(=O)O)cc34)c(S(=O)(=O)O)cc2cc1S(=O)(=O)O. The monoisotopic (exact) mass is 747 g/mol. The van der Waals surface area contributed by atoms with Crippen LogP contribution in [0.4, 0.5) is 28.4 Å². The van der Waals surface area contributed by atoms with Crippen LogP contribution in [0.15, 0.2) is 108 Å². The van der Waals surface area contributed by atoms with Crippen molar-refractivity contribution in [1.29, 1.82) is 0 Å². The van der Waals surface area contributed by atoms with Crippen molar-refractivity contribution in [2.45, 2.75) is 20.8 Å². The van der Waals surface area contributed by atoms with Gasteiger partial charge < -0.3 is 25.8 Å². The number of hydrogen-bond donors (Lipinski definition) is 7. The summed E-state index contributed by atoms with van der Waals surface area (Å²) in [6.07, 6.45) is -1.10. The van der Waals surface area contributed by atoms with Crippen molar-refractivity contribution < 1.29 is 59.0 Å². The normalized spacial score (nSPS) is 13.5. The Hall–Kier alpha value is -5.13. The molecule has 8 N–H and O–H groups in total. The van der Waals surface area contributed by atoms with Crippen LogP contribution in [-0.2, 0) is 30.4 Å². The van der Waals surface area contributed by atoms with E-state index in [1.54, 1.807) is 18.2 Å². The van der Waals surface area contributed by atoms with Crippen LogP contribution >= 0.6 is 0 Å². The lowest BCUT2D eigenvalue weighted by Gasteiger charge is -2.11. The molecule has 0 spiro atoms. The molecule has 0 amide bonds. The third-order valence-corrected chi connectivity index (χ3v) is 9.60. The number of ether oxygens (including phenoxy) is 1.